The summed E-state index contributed by atoms with van der Waals surface area (Å²) >= 11 is 0. The summed E-state index contributed by atoms with van der Waals surface area (Å²) in [5, 5.41) is 0. The molecule has 2 aliphatic carbocycles. The normalized spacial score (nSPS) is 28.3. The highest BCUT2D eigenvalue weighted by atomic mass is 15.3. The number of hydrogen-bond acceptors (Lipinski definition) is 3. The summed E-state index contributed by atoms with van der Waals surface area (Å²) in [6, 6.07) is 2.36. The topological polar surface area (TPSA) is 9.72 Å². The van der Waals surface area contributed by atoms with Crippen LogP contribution in [-0.2, 0) is 0 Å². The summed E-state index contributed by atoms with van der Waals surface area (Å²) in [5.74, 6) is 0. The van der Waals surface area contributed by atoms with Gasteiger partial charge < -0.3 is 4.90 Å². The maximum absolute atomic E-state index is 2.68. The fraction of sp³-hybridized carbons (Fsp3) is 1.00. The molecule has 158 valence electrons. The third-order valence-corrected chi connectivity index (χ3v) is 8.18. The van der Waals surface area contributed by atoms with Crippen LogP contribution in [0.1, 0.15) is 92.9 Å². The first-order chi connectivity index (χ1) is 12.8. The van der Waals surface area contributed by atoms with Crippen molar-refractivity contribution in [3.63, 3.8) is 0 Å². The van der Waals surface area contributed by atoms with Gasteiger partial charge in [0.15, 0.2) is 0 Å². The molecule has 3 aliphatic heterocycles. The van der Waals surface area contributed by atoms with Crippen LogP contribution < -0.4 is 0 Å². The minimum atomic E-state index is 0.716. The van der Waals surface area contributed by atoms with Crippen molar-refractivity contribution in [2.45, 2.75) is 117 Å². The van der Waals surface area contributed by atoms with Gasteiger partial charge in [-0.15, -0.1) is 0 Å². The molecule has 5 fully saturated rings. The lowest BCUT2D eigenvalue weighted by atomic mass is 9.63. The maximum atomic E-state index is 2.68. The highest BCUT2D eigenvalue weighted by Crippen LogP contribution is 2.49. The van der Waals surface area contributed by atoms with E-state index < -0.39 is 0 Å². The van der Waals surface area contributed by atoms with Crippen LogP contribution in [0.5, 0.6) is 0 Å². The average molecular weight is 378 g/mol. The molecule has 3 saturated heterocycles. The lowest BCUT2D eigenvalue weighted by molar-refractivity contribution is -0.0926. The molecule has 0 amide bonds. The van der Waals surface area contributed by atoms with Crippen molar-refractivity contribution in [3.8, 4) is 0 Å². The van der Waals surface area contributed by atoms with Crippen LogP contribution in [0.2, 0.25) is 0 Å². The number of hydrogen-bond donors (Lipinski definition) is 0. The zero-order chi connectivity index (χ0) is 19.7. The summed E-state index contributed by atoms with van der Waals surface area (Å²) in [6.45, 7) is 20.5. The van der Waals surface area contributed by atoms with E-state index in [1.807, 2.05) is 0 Å². The maximum Gasteiger partial charge on any atom is 0.0224 e. The van der Waals surface area contributed by atoms with Crippen LogP contribution in [0.3, 0.4) is 0 Å². The van der Waals surface area contributed by atoms with Gasteiger partial charge in [0, 0.05) is 43.3 Å². The van der Waals surface area contributed by atoms with Gasteiger partial charge in [0.2, 0.25) is 0 Å². The molecule has 0 bridgehead atoms. The first kappa shape index (κ1) is 21.6. The van der Waals surface area contributed by atoms with E-state index in [4.69, 9.17) is 0 Å². The quantitative estimate of drug-likeness (QED) is 0.685. The monoisotopic (exact) mass is 377 g/mol. The lowest BCUT2D eigenvalue weighted by Crippen LogP contribution is -2.65. The van der Waals surface area contributed by atoms with E-state index in [9.17, 15) is 0 Å². The van der Waals surface area contributed by atoms with Gasteiger partial charge in [0.1, 0.15) is 0 Å². The second kappa shape index (κ2) is 8.71. The number of rotatable bonds is 3. The predicted octanol–water partition coefficient (Wildman–Crippen LogP) is 5.00. The Morgan fingerprint density at radius 3 is 1.26 bits per heavy atom. The smallest absolute Gasteiger partial charge is 0.0224 e. The van der Waals surface area contributed by atoms with Crippen LogP contribution >= 0.6 is 0 Å². The van der Waals surface area contributed by atoms with E-state index in [1.54, 1.807) is 0 Å². The highest BCUT2D eigenvalue weighted by Gasteiger charge is 2.49. The molecule has 0 aromatic heterocycles. The van der Waals surface area contributed by atoms with Crippen molar-refractivity contribution in [2.75, 3.05) is 32.7 Å². The summed E-state index contributed by atoms with van der Waals surface area (Å²) in [7, 11) is 0. The van der Waals surface area contributed by atoms with Gasteiger partial charge >= 0.3 is 0 Å². The SMILES string of the molecule is CC(C)N1CC2(CCC2)C1.CC(C)N1CCC1.CC(C)N1CCC12CCC2. The van der Waals surface area contributed by atoms with Crippen LogP contribution in [0.4, 0.5) is 0 Å². The van der Waals surface area contributed by atoms with Gasteiger partial charge in [0.05, 0.1) is 0 Å². The van der Waals surface area contributed by atoms with Crippen molar-refractivity contribution in [2.24, 2.45) is 5.41 Å². The zero-order valence-corrected chi connectivity index (χ0v) is 19.3. The molecule has 0 N–H and O–H groups in total. The zero-order valence-electron chi connectivity index (χ0n) is 19.3. The molecule has 0 radical (unpaired) electrons. The molecule has 27 heavy (non-hydrogen) atoms. The average Bonchev–Trinajstić information content (AvgIpc) is 2.28. The molecule has 0 aromatic rings. The second-order valence-corrected chi connectivity index (χ2v) is 11.0. The predicted molar refractivity (Wildman–Crippen MR) is 117 cm³/mol. The van der Waals surface area contributed by atoms with E-state index in [-0.39, 0.29) is 0 Å². The van der Waals surface area contributed by atoms with Crippen molar-refractivity contribution in [3.05, 3.63) is 0 Å². The van der Waals surface area contributed by atoms with E-state index in [0.29, 0.717) is 5.54 Å². The van der Waals surface area contributed by atoms with Crippen molar-refractivity contribution < 1.29 is 0 Å². The second-order valence-electron chi connectivity index (χ2n) is 11.0. The Bertz CT molecular complexity index is 445. The van der Waals surface area contributed by atoms with Crippen molar-refractivity contribution in [1.82, 2.24) is 14.7 Å². The fourth-order valence-corrected chi connectivity index (χ4v) is 5.52. The van der Waals surface area contributed by atoms with Crippen molar-refractivity contribution >= 4 is 0 Å². The first-order valence-electron chi connectivity index (χ1n) is 12.0. The lowest BCUT2D eigenvalue weighted by Gasteiger charge is -2.60. The van der Waals surface area contributed by atoms with Gasteiger partial charge in [-0.1, -0.05) is 6.42 Å². The molecule has 2 saturated carbocycles. The Kier molecular flexibility index (Phi) is 6.97. The van der Waals surface area contributed by atoms with E-state index in [0.717, 1.165) is 23.5 Å². The highest BCUT2D eigenvalue weighted by molar-refractivity contribution is 5.06. The summed E-state index contributed by atoms with van der Waals surface area (Å²) in [6.07, 6.45) is 11.8. The minimum Gasteiger partial charge on any atom is -0.301 e. The summed E-state index contributed by atoms with van der Waals surface area (Å²) < 4.78 is 0. The van der Waals surface area contributed by atoms with Crippen LogP contribution in [0.25, 0.3) is 0 Å². The van der Waals surface area contributed by atoms with Gasteiger partial charge in [-0.2, -0.15) is 0 Å². The standard InChI is InChI=1S/2C9H17N.C6H13N/c1-8(2)10-6-9(7-10)4-3-5-9;1-8(2)10-7-6-9(10)4-3-5-9;1-6(2)7-4-3-5-7/h2*8H,3-7H2,1-2H3;6H,3-5H2,1-2H3. The van der Waals surface area contributed by atoms with Crippen molar-refractivity contribution in [1.29, 1.82) is 0 Å². The minimum absolute atomic E-state index is 0.716. The molecule has 3 nitrogen and oxygen atoms in total. The third kappa shape index (κ3) is 4.73. The van der Waals surface area contributed by atoms with Crippen LogP contribution in [-0.4, -0.2) is 71.1 Å². The first-order valence-corrected chi connectivity index (χ1v) is 12.0. The summed E-state index contributed by atoms with van der Waals surface area (Å²) in [4.78, 5) is 7.73. The van der Waals surface area contributed by atoms with Crippen LogP contribution in [0.15, 0.2) is 0 Å². The molecular weight excluding hydrogens is 330 g/mol. The molecule has 0 aromatic carbocycles. The molecule has 3 heterocycles. The molecule has 2 spiro atoms. The Morgan fingerprint density at radius 2 is 1.11 bits per heavy atom. The molecule has 3 heteroatoms. The Hall–Kier alpha value is -0.120. The van der Waals surface area contributed by atoms with Crippen LogP contribution in [0, 0.1) is 5.41 Å². The summed E-state index contributed by atoms with van der Waals surface area (Å²) in [5.41, 5.74) is 1.54. The Labute approximate surface area is 169 Å². The largest absolute Gasteiger partial charge is 0.301 e. The van der Waals surface area contributed by atoms with E-state index >= 15 is 0 Å². The number of likely N-dealkylation sites (tertiary alicyclic amines) is 3. The molecule has 5 aliphatic rings. The Morgan fingerprint density at radius 1 is 0.556 bits per heavy atom. The van der Waals surface area contributed by atoms with Gasteiger partial charge in [-0.05, 0) is 105 Å². The van der Waals surface area contributed by atoms with Gasteiger partial charge in [-0.25, -0.2) is 0 Å². The molecular formula is C24H47N3. The Balaban J connectivity index is 0.000000119. The third-order valence-electron chi connectivity index (χ3n) is 8.18. The van der Waals surface area contributed by atoms with Gasteiger partial charge in [-0.3, -0.25) is 9.80 Å². The van der Waals surface area contributed by atoms with E-state index in [2.05, 4.69) is 56.2 Å². The molecule has 5 rings (SSSR count). The fourth-order valence-electron chi connectivity index (χ4n) is 5.52. The molecule has 0 atom stereocenters. The van der Waals surface area contributed by atoms with E-state index in [1.165, 1.54) is 84.1 Å². The number of nitrogens with zero attached hydrogens (tertiary/aromatic N) is 3. The van der Waals surface area contributed by atoms with Gasteiger partial charge in [0.25, 0.3) is 0 Å². The molecule has 0 unspecified atom stereocenters.